The number of carbonyl (C=O) groups excluding carboxylic acids is 1. The first-order valence-corrected chi connectivity index (χ1v) is 8.20. The Labute approximate surface area is 119 Å². The van der Waals surface area contributed by atoms with Crippen molar-refractivity contribution >= 4 is 5.91 Å². The Morgan fingerprint density at radius 2 is 1.53 bits per heavy atom. The van der Waals surface area contributed by atoms with Gasteiger partial charge in [0.05, 0.1) is 0 Å². The summed E-state index contributed by atoms with van der Waals surface area (Å²) in [7, 11) is 0. The molecule has 0 bridgehead atoms. The van der Waals surface area contributed by atoms with Gasteiger partial charge in [-0.15, -0.1) is 0 Å². The molecule has 0 aromatic carbocycles. The molecule has 0 aliphatic carbocycles. The van der Waals surface area contributed by atoms with Gasteiger partial charge in [-0.2, -0.15) is 0 Å². The zero-order valence-electron chi connectivity index (χ0n) is 13.3. The van der Waals surface area contributed by atoms with E-state index in [9.17, 15) is 4.79 Å². The SMILES string of the molecule is CCCCCCCCCCNC(=O)CC(C)NCC. The van der Waals surface area contributed by atoms with Crippen molar-refractivity contribution in [3.05, 3.63) is 0 Å². The molecule has 1 amide bonds. The van der Waals surface area contributed by atoms with Crippen molar-refractivity contribution < 1.29 is 4.79 Å². The van der Waals surface area contributed by atoms with Crippen LogP contribution in [0, 0.1) is 0 Å². The molecule has 0 aromatic heterocycles. The van der Waals surface area contributed by atoms with Gasteiger partial charge in [0.2, 0.25) is 5.91 Å². The normalized spacial score (nSPS) is 12.4. The number of amides is 1. The van der Waals surface area contributed by atoms with Crippen LogP contribution in [0.3, 0.4) is 0 Å². The van der Waals surface area contributed by atoms with Crippen molar-refractivity contribution in [3.8, 4) is 0 Å². The van der Waals surface area contributed by atoms with E-state index < -0.39 is 0 Å². The molecule has 3 nitrogen and oxygen atoms in total. The topological polar surface area (TPSA) is 41.1 Å². The van der Waals surface area contributed by atoms with Crippen LogP contribution in [0.4, 0.5) is 0 Å². The van der Waals surface area contributed by atoms with Crippen LogP contribution in [0.15, 0.2) is 0 Å². The Balaban J connectivity index is 3.23. The van der Waals surface area contributed by atoms with Crippen LogP contribution >= 0.6 is 0 Å². The van der Waals surface area contributed by atoms with E-state index in [2.05, 4.69) is 31.4 Å². The quantitative estimate of drug-likeness (QED) is 0.502. The zero-order valence-corrected chi connectivity index (χ0v) is 13.3. The van der Waals surface area contributed by atoms with Crippen LogP contribution in [0.1, 0.15) is 78.6 Å². The van der Waals surface area contributed by atoms with E-state index in [-0.39, 0.29) is 11.9 Å². The van der Waals surface area contributed by atoms with Gasteiger partial charge in [-0.05, 0) is 19.9 Å². The molecule has 114 valence electrons. The van der Waals surface area contributed by atoms with Crippen molar-refractivity contribution in [2.75, 3.05) is 13.1 Å². The maximum atomic E-state index is 11.6. The number of hydrogen-bond acceptors (Lipinski definition) is 2. The maximum Gasteiger partial charge on any atom is 0.221 e. The summed E-state index contributed by atoms with van der Waals surface area (Å²) in [5.41, 5.74) is 0. The molecule has 0 spiro atoms. The van der Waals surface area contributed by atoms with E-state index in [0.29, 0.717) is 6.42 Å². The summed E-state index contributed by atoms with van der Waals surface area (Å²) in [6.45, 7) is 8.13. The second-order valence-corrected chi connectivity index (χ2v) is 5.49. The van der Waals surface area contributed by atoms with Crippen LogP contribution < -0.4 is 10.6 Å². The van der Waals surface area contributed by atoms with Crippen molar-refractivity contribution in [2.24, 2.45) is 0 Å². The molecular weight excluding hydrogens is 236 g/mol. The van der Waals surface area contributed by atoms with E-state index in [1.807, 2.05) is 0 Å². The molecule has 19 heavy (non-hydrogen) atoms. The van der Waals surface area contributed by atoms with Crippen LogP contribution in [0.5, 0.6) is 0 Å². The molecule has 0 heterocycles. The lowest BCUT2D eigenvalue weighted by Gasteiger charge is -2.12. The second-order valence-electron chi connectivity index (χ2n) is 5.49. The Morgan fingerprint density at radius 1 is 0.947 bits per heavy atom. The summed E-state index contributed by atoms with van der Waals surface area (Å²) in [5, 5.41) is 6.25. The van der Waals surface area contributed by atoms with Gasteiger partial charge in [0.15, 0.2) is 0 Å². The summed E-state index contributed by atoms with van der Waals surface area (Å²) in [5.74, 6) is 0.177. The second kappa shape index (κ2) is 13.9. The third-order valence-corrected chi connectivity index (χ3v) is 3.40. The molecule has 0 aromatic rings. The van der Waals surface area contributed by atoms with Crippen molar-refractivity contribution in [1.29, 1.82) is 0 Å². The van der Waals surface area contributed by atoms with E-state index in [1.165, 1.54) is 44.9 Å². The fourth-order valence-electron chi connectivity index (χ4n) is 2.26. The van der Waals surface area contributed by atoms with Gasteiger partial charge in [-0.1, -0.05) is 58.8 Å². The van der Waals surface area contributed by atoms with Gasteiger partial charge in [0, 0.05) is 19.0 Å². The molecule has 3 heteroatoms. The summed E-state index contributed by atoms with van der Waals surface area (Å²) < 4.78 is 0. The van der Waals surface area contributed by atoms with Gasteiger partial charge in [-0.3, -0.25) is 4.79 Å². The standard InChI is InChI=1S/C16H34N2O/c1-4-6-7-8-9-10-11-12-13-18-16(19)14-15(3)17-5-2/h15,17H,4-14H2,1-3H3,(H,18,19). The van der Waals surface area contributed by atoms with Gasteiger partial charge in [0.1, 0.15) is 0 Å². The van der Waals surface area contributed by atoms with Crippen LogP contribution in [-0.4, -0.2) is 25.0 Å². The fraction of sp³-hybridized carbons (Fsp3) is 0.938. The molecule has 1 atom stereocenters. The number of rotatable bonds is 13. The first-order chi connectivity index (χ1) is 9.20. The summed E-state index contributed by atoms with van der Waals surface area (Å²) in [6, 6.07) is 0.281. The summed E-state index contributed by atoms with van der Waals surface area (Å²) >= 11 is 0. The minimum absolute atomic E-state index is 0.177. The Bertz CT molecular complexity index is 207. The molecule has 0 aliphatic rings. The molecular formula is C16H34N2O. The minimum Gasteiger partial charge on any atom is -0.356 e. The fourth-order valence-corrected chi connectivity index (χ4v) is 2.26. The average molecular weight is 270 g/mol. The predicted octanol–water partition coefficient (Wildman–Crippen LogP) is 3.63. The summed E-state index contributed by atoms with van der Waals surface area (Å²) in [6.07, 6.45) is 11.1. The Kier molecular flexibility index (Phi) is 13.4. The van der Waals surface area contributed by atoms with Gasteiger partial charge >= 0.3 is 0 Å². The lowest BCUT2D eigenvalue weighted by molar-refractivity contribution is -0.121. The summed E-state index contributed by atoms with van der Waals surface area (Å²) in [4.78, 5) is 11.6. The lowest BCUT2D eigenvalue weighted by Crippen LogP contribution is -2.34. The highest BCUT2D eigenvalue weighted by Crippen LogP contribution is 2.07. The highest BCUT2D eigenvalue weighted by molar-refractivity contribution is 5.76. The minimum atomic E-state index is 0.177. The number of nitrogens with one attached hydrogen (secondary N) is 2. The van der Waals surface area contributed by atoms with Crippen molar-refractivity contribution in [1.82, 2.24) is 10.6 Å². The monoisotopic (exact) mass is 270 g/mol. The lowest BCUT2D eigenvalue weighted by atomic mass is 10.1. The van der Waals surface area contributed by atoms with E-state index in [4.69, 9.17) is 0 Å². The van der Waals surface area contributed by atoms with Crippen molar-refractivity contribution in [2.45, 2.75) is 84.6 Å². The van der Waals surface area contributed by atoms with Gasteiger partial charge in [0.25, 0.3) is 0 Å². The number of unbranched alkanes of at least 4 members (excludes halogenated alkanes) is 7. The van der Waals surface area contributed by atoms with Gasteiger partial charge < -0.3 is 10.6 Å². The van der Waals surface area contributed by atoms with Crippen LogP contribution in [-0.2, 0) is 4.79 Å². The average Bonchev–Trinajstić information content (AvgIpc) is 2.37. The molecule has 0 saturated heterocycles. The zero-order chi connectivity index (χ0) is 14.3. The van der Waals surface area contributed by atoms with E-state index in [0.717, 1.165) is 19.5 Å². The number of hydrogen-bond donors (Lipinski definition) is 2. The van der Waals surface area contributed by atoms with E-state index >= 15 is 0 Å². The predicted molar refractivity (Wildman–Crippen MR) is 83.4 cm³/mol. The molecule has 0 rings (SSSR count). The van der Waals surface area contributed by atoms with Gasteiger partial charge in [-0.25, -0.2) is 0 Å². The Hall–Kier alpha value is -0.570. The van der Waals surface area contributed by atoms with Crippen LogP contribution in [0.25, 0.3) is 0 Å². The number of carbonyl (C=O) groups is 1. The molecule has 0 radical (unpaired) electrons. The maximum absolute atomic E-state index is 11.6. The first kappa shape index (κ1) is 18.4. The molecule has 0 fully saturated rings. The molecule has 1 unspecified atom stereocenters. The Morgan fingerprint density at radius 3 is 2.11 bits per heavy atom. The third kappa shape index (κ3) is 13.7. The van der Waals surface area contributed by atoms with Crippen molar-refractivity contribution in [3.63, 3.8) is 0 Å². The van der Waals surface area contributed by atoms with Crippen LogP contribution in [0.2, 0.25) is 0 Å². The van der Waals surface area contributed by atoms with E-state index in [1.54, 1.807) is 0 Å². The smallest absolute Gasteiger partial charge is 0.221 e. The molecule has 0 saturated carbocycles. The largest absolute Gasteiger partial charge is 0.356 e. The highest BCUT2D eigenvalue weighted by atomic mass is 16.1. The first-order valence-electron chi connectivity index (χ1n) is 8.20. The third-order valence-electron chi connectivity index (χ3n) is 3.40. The molecule has 2 N–H and O–H groups in total. The highest BCUT2D eigenvalue weighted by Gasteiger charge is 2.06. The molecule has 0 aliphatic heterocycles.